The Bertz CT molecular complexity index is 4010. The van der Waals surface area contributed by atoms with E-state index < -0.39 is 83.6 Å². The van der Waals surface area contributed by atoms with Crippen LogP contribution in [0.15, 0.2) is 230 Å². The Balaban J connectivity index is 1.29. The number of rotatable bonds is 8. The van der Waals surface area contributed by atoms with Crippen molar-refractivity contribution in [3.63, 3.8) is 0 Å². The first-order chi connectivity index (χ1) is 35.2. The maximum atomic E-state index is 9.90. The fraction of sp³-hybridized carbons (Fsp3) is 0. The third-order valence-corrected chi connectivity index (χ3v) is 10.6. The Hall–Kier alpha value is -8.21. The highest BCUT2D eigenvalue weighted by Gasteiger charge is 2.23. The van der Waals surface area contributed by atoms with Crippen molar-refractivity contribution in [2.45, 2.75) is 0 Å². The van der Waals surface area contributed by atoms with E-state index in [4.69, 9.17) is 24.5 Å². The number of benzene rings is 9. The number of nitrogens with zero attached hydrogens (tertiary/aromatic N) is 4. The van der Waals surface area contributed by atoms with Gasteiger partial charge in [0.05, 0.1) is 33.2 Å². The smallest absolute Gasteiger partial charge is 0.166 e. The molecule has 0 fully saturated rings. The van der Waals surface area contributed by atoms with Crippen LogP contribution in [0, 0.1) is 0 Å². The van der Waals surface area contributed by atoms with E-state index in [1.165, 1.54) is 4.57 Å². The number of aromatic nitrogens is 4. The number of para-hydroxylation sites is 2. The van der Waals surface area contributed by atoms with E-state index in [0.717, 1.165) is 22.3 Å². The third kappa shape index (κ3) is 6.76. The number of hydrogen-bond acceptors (Lipinski definition) is 3. The van der Waals surface area contributed by atoms with Gasteiger partial charge in [0, 0.05) is 33.0 Å². The Morgan fingerprint density at radius 1 is 0.328 bits per heavy atom. The molecule has 0 aliphatic heterocycles. The number of fused-ring (bicyclic) bond motifs is 3. The summed E-state index contributed by atoms with van der Waals surface area (Å²) >= 11 is 0. The monoisotopic (exact) mass is 790 g/mol. The van der Waals surface area contributed by atoms with Crippen LogP contribution in [0.5, 0.6) is 0 Å². The molecule has 2 aromatic heterocycles. The van der Waals surface area contributed by atoms with Gasteiger partial charge >= 0.3 is 0 Å². The van der Waals surface area contributed by atoms with Gasteiger partial charge in [0.1, 0.15) is 0 Å². The lowest BCUT2D eigenvalue weighted by atomic mass is 9.95. The van der Waals surface area contributed by atoms with Crippen LogP contribution in [-0.2, 0) is 0 Å². The maximum absolute atomic E-state index is 9.90. The van der Waals surface area contributed by atoms with E-state index in [1.54, 1.807) is 6.07 Å². The normalized spacial score (nSPS) is 14.0. The van der Waals surface area contributed by atoms with Crippen LogP contribution in [0.1, 0.15) is 16.4 Å². The summed E-state index contributed by atoms with van der Waals surface area (Å²) < 4.78 is 111. The van der Waals surface area contributed by atoms with E-state index in [9.17, 15) is 6.85 Å². The zero-order chi connectivity index (χ0) is 51.0. The first kappa shape index (κ1) is 25.3. The Labute approximate surface area is 371 Å². The minimum atomic E-state index is -0.708. The summed E-state index contributed by atoms with van der Waals surface area (Å²) in [6.07, 6.45) is 0. The highest BCUT2D eigenvalue weighted by Crippen LogP contribution is 2.43. The van der Waals surface area contributed by atoms with E-state index >= 15 is 0 Å². The standard InChI is InChI=1S/C57H38N4/c1-5-17-39(18-6-1)42-31-33-44(34-32-42)56-58-55(43-23-11-4-12-24-43)59-57(60-56)50-29-16-28-48(47-26-15-25-45(37-47)40-19-7-2-8-20-40)54(50)61-52-30-14-13-27-49(52)51-38-46(35-36-53(51)61)41-21-9-3-10-22-41/h1-38H/i3D,9D,10D,13D,14D,21D,22D,27D,30D,35D,36D,38D. The summed E-state index contributed by atoms with van der Waals surface area (Å²) in [4.78, 5) is 15.3. The van der Waals surface area contributed by atoms with Crippen LogP contribution < -0.4 is 0 Å². The topological polar surface area (TPSA) is 43.6 Å². The maximum Gasteiger partial charge on any atom is 0.166 e. The molecule has 4 heteroatoms. The minimum Gasteiger partial charge on any atom is -0.308 e. The van der Waals surface area contributed by atoms with E-state index in [2.05, 4.69) is 0 Å². The molecule has 2 heterocycles. The lowest BCUT2D eigenvalue weighted by Crippen LogP contribution is -2.05. The second-order valence-electron chi connectivity index (χ2n) is 14.3. The quantitative estimate of drug-likeness (QED) is 0.154. The molecule has 0 radical (unpaired) electrons. The molecule has 0 amide bonds. The molecule has 286 valence electrons. The van der Waals surface area contributed by atoms with Crippen LogP contribution in [0.4, 0.5) is 0 Å². The summed E-state index contributed by atoms with van der Waals surface area (Å²) in [7, 11) is 0. The highest BCUT2D eigenvalue weighted by molar-refractivity contribution is 6.11. The molecule has 0 saturated heterocycles. The van der Waals surface area contributed by atoms with Crippen molar-refractivity contribution < 1.29 is 16.4 Å². The van der Waals surface area contributed by atoms with Gasteiger partial charge in [-0.2, -0.15) is 0 Å². The Morgan fingerprint density at radius 2 is 0.836 bits per heavy atom. The predicted molar refractivity (Wildman–Crippen MR) is 252 cm³/mol. The summed E-state index contributed by atoms with van der Waals surface area (Å²) in [5.74, 6) is 0.800. The van der Waals surface area contributed by atoms with Gasteiger partial charge in [-0.3, -0.25) is 0 Å². The van der Waals surface area contributed by atoms with Crippen molar-refractivity contribution in [2.24, 2.45) is 0 Å². The molecule has 0 unspecified atom stereocenters. The van der Waals surface area contributed by atoms with Gasteiger partial charge in [0.15, 0.2) is 17.5 Å². The molecule has 0 spiro atoms. The van der Waals surface area contributed by atoms with Crippen LogP contribution in [-0.4, -0.2) is 19.5 Å². The van der Waals surface area contributed by atoms with Gasteiger partial charge in [0.2, 0.25) is 0 Å². The molecule has 9 aromatic carbocycles. The summed E-state index contributed by atoms with van der Waals surface area (Å²) in [5, 5.41) is -0.366. The second kappa shape index (κ2) is 15.5. The molecular formula is C57H38N4. The third-order valence-electron chi connectivity index (χ3n) is 10.6. The molecule has 0 aliphatic carbocycles. The first-order valence-corrected chi connectivity index (χ1v) is 19.6. The van der Waals surface area contributed by atoms with Gasteiger partial charge in [-0.05, 0) is 69.2 Å². The molecule has 4 nitrogen and oxygen atoms in total. The zero-order valence-electron chi connectivity index (χ0n) is 44.3. The molecule has 0 atom stereocenters. The Morgan fingerprint density at radius 3 is 1.56 bits per heavy atom. The molecule has 0 saturated carbocycles. The zero-order valence-corrected chi connectivity index (χ0v) is 32.3. The minimum absolute atomic E-state index is 0.136. The number of hydrogen-bond donors (Lipinski definition) is 0. The van der Waals surface area contributed by atoms with E-state index in [1.807, 2.05) is 152 Å². The first-order valence-electron chi connectivity index (χ1n) is 25.6. The molecule has 0 N–H and O–H groups in total. The molecule has 11 aromatic rings. The molecule has 0 aliphatic rings. The molecule has 61 heavy (non-hydrogen) atoms. The van der Waals surface area contributed by atoms with Crippen molar-refractivity contribution in [3.05, 3.63) is 230 Å². The molecular weight excluding hydrogens is 741 g/mol. The summed E-state index contributed by atoms with van der Waals surface area (Å²) in [6, 6.07) is 42.5. The predicted octanol–water partition coefficient (Wildman–Crippen LogP) is 14.6. The van der Waals surface area contributed by atoms with Gasteiger partial charge in [0.25, 0.3) is 0 Å². The van der Waals surface area contributed by atoms with Crippen LogP contribution in [0.25, 0.3) is 106 Å². The summed E-state index contributed by atoms with van der Waals surface area (Å²) in [6.45, 7) is 0. The average Bonchev–Trinajstić information content (AvgIpc) is 3.80. The van der Waals surface area contributed by atoms with Crippen molar-refractivity contribution in [2.75, 3.05) is 0 Å². The molecule has 0 bridgehead atoms. The van der Waals surface area contributed by atoms with Crippen molar-refractivity contribution in [3.8, 4) is 84.4 Å². The summed E-state index contributed by atoms with van der Waals surface area (Å²) in [5.41, 5.74) is 5.64. The van der Waals surface area contributed by atoms with Crippen LogP contribution in [0.2, 0.25) is 0 Å². The van der Waals surface area contributed by atoms with Gasteiger partial charge in [-0.15, -0.1) is 0 Å². The Kier molecular flexibility index (Phi) is 6.44. The second-order valence-corrected chi connectivity index (χ2v) is 14.3. The fourth-order valence-corrected chi connectivity index (χ4v) is 7.72. The van der Waals surface area contributed by atoms with Crippen LogP contribution in [0.3, 0.4) is 0 Å². The van der Waals surface area contributed by atoms with Gasteiger partial charge in [-0.1, -0.05) is 200 Å². The van der Waals surface area contributed by atoms with Gasteiger partial charge in [-0.25, -0.2) is 15.0 Å². The fourth-order valence-electron chi connectivity index (χ4n) is 7.72. The SMILES string of the molecule is [2H]c1c([2H])c([2H])c(-c2c([2H])c([2H])c3c(c2[2H])c2c([2H])c([2H])c([2H])c([2H])c2n3-c2c(-c3cccc(-c4ccccc4)c3)cccc2-c2nc(-c3ccccc3)nc(-c3ccc(-c4ccccc4)cc3)n2)c([2H])c1[2H]. The lowest BCUT2D eigenvalue weighted by Gasteiger charge is -2.19. The van der Waals surface area contributed by atoms with Crippen molar-refractivity contribution in [1.29, 1.82) is 0 Å². The molecule has 11 rings (SSSR count). The van der Waals surface area contributed by atoms with Crippen LogP contribution >= 0.6 is 0 Å². The van der Waals surface area contributed by atoms with Crippen molar-refractivity contribution in [1.82, 2.24) is 19.5 Å². The van der Waals surface area contributed by atoms with E-state index in [-0.39, 0.29) is 33.3 Å². The highest BCUT2D eigenvalue weighted by atomic mass is 15.1. The van der Waals surface area contributed by atoms with Crippen molar-refractivity contribution >= 4 is 21.8 Å². The largest absolute Gasteiger partial charge is 0.308 e. The average molecular weight is 791 g/mol. The van der Waals surface area contributed by atoms with Gasteiger partial charge < -0.3 is 4.57 Å². The van der Waals surface area contributed by atoms with E-state index in [0.29, 0.717) is 39.5 Å². The lowest BCUT2D eigenvalue weighted by molar-refractivity contribution is 1.06.